The number of nitrogen functional groups attached to an aromatic ring is 1. The molecule has 1 saturated heterocycles. The lowest BCUT2D eigenvalue weighted by Gasteiger charge is -2.28. The number of ether oxygens (including phenoxy) is 1. The minimum Gasteiger partial charge on any atom is -0.492 e. The van der Waals surface area contributed by atoms with Crippen LogP contribution in [0.15, 0.2) is 64.2 Å². The zero-order valence-corrected chi connectivity index (χ0v) is 21.8. The molecule has 2 heterocycles. The number of carbonyl (C=O) groups excluding carboxylic acids is 2. The van der Waals surface area contributed by atoms with Crippen molar-refractivity contribution in [1.82, 2.24) is 9.55 Å². The van der Waals surface area contributed by atoms with E-state index in [0.717, 1.165) is 5.56 Å². The third-order valence-electron chi connectivity index (χ3n) is 6.41. The summed E-state index contributed by atoms with van der Waals surface area (Å²) in [6, 6.07) is 16.4. The summed E-state index contributed by atoms with van der Waals surface area (Å²) in [6.07, 6.45) is -0.0185. The van der Waals surface area contributed by atoms with Gasteiger partial charge in [0.1, 0.15) is 11.6 Å². The van der Waals surface area contributed by atoms with E-state index in [1.54, 1.807) is 17.0 Å². The van der Waals surface area contributed by atoms with E-state index in [2.05, 4.69) is 4.98 Å². The number of H-pyrrole nitrogens is 1. The summed E-state index contributed by atoms with van der Waals surface area (Å²) >= 11 is 0. The van der Waals surface area contributed by atoms with Crippen LogP contribution in [0.2, 0.25) is 0 Å². The molecule has 10 nitrogen and oxygen atoms in total. The Morgan fingerprint density at radius 1 is 1.11 bits per heavy atom. The van der Waals surface area contributed by atoms with Crippen molar-refractivity contribution in [2.24, 2.45) is 11.8 Å². The van der Waals surface area contributed by atoms with Crippen LogP contribution in [0.4, 0.5) is 17.2 Å². The Hall–Kier alpha value is -4.34. The van der Waals surface area contributed by atoms with Gasteiger partial charge in [0.2, 0.25) is 11.8 Å². The number of anilines is 3. The van der Waals surface area contributed by atoms with Crippen LogP contribution in [0.25, 0.3) is 0 Å². The quantitative estimate of drug-likeness (QED) is 0.447. The third-order valence-corrected chi connectivity index (χ3v) is 6.41. The molecule has 1 atom stereocenters. The minimum absolute atomic E-state index is 0.0147. The maximum atomic E-state index is 13.9. The molecule has 0 unspecified atom stereocenters. The minimum atomic E-state index is -0.742. The van der Waals surface area contributed by atoms with Gasteiger partial charge in [0.05, 0.1) is 24.8 Å². The first-order valence-corrected chi connectivity index (χ1v) is 12.7. The van der Waals surface area contributed by atoms with Gasteiger partial charge in [0.25, 0.3) is 5.56 Å². The number of para-hydroxylation sites is 2. The molecule has 0 bridgehead atoms. The predicted molar refractivity (Wildman–Crippen MR) is 147 cm³/mol. The van der Waals surface area contributed by atoms with Gasteiger partial charge in [0.15, 0.2) is 5.69 Å². The molecule has 1 aliphatic rings. The molecule has 2 aromatic carbocycles. The summed E-state index contributed by atoms with van der Waals surface area (Å²) in [5, 5.41) is 0. The number of hydrogen-bond acceptors (Lipinski definition) is 6. The Kier molecular flexibility index (Phi) is 7.99. The van der Waals surface area contributed by atoms with Gasteiger partial charge in [-0.3, -0.25) is 23.9 Å². The lowest BCUT2D eigenvalue weighted by atomic mass is 10.1. The number of aromatic amines is 1. The average Bonchev–Trinajstić information content (AvgIpc) is 3.27. The number of nitrogens with zero attached hydrogens (tertiary/aromatic N) is 3. The smallest absolute Gasteiger partial charge is 0.330 e. The lowest BCUT2D eigenvalue weighted by Crippen LogP contribution is -2.45. The largest absolute Gasteiger partial charge is 0.492 e. The maximum Gasteiger partial charge on any atom is 0.330 e. The highest BCUT2D eigenvalue weighted by molar-refractivity contribution is 6.05. The summed E-state index contributed by atoms with van der Waals surface area (Å²) in [4.78, 5) is 57.8. The number of aromatic nitrogens is 2. The molecule has 3 aromatic rings. The topological polar surface area (TPSA) is 131 Å². The van der Waals surface area contributed by atoms with Gasteiger partial charge < -0.3 is 20.3 Å². The zero-order valence-electron chi connectivity index (χ0n) is 21.8. The molecule has 0 radical (unpaired) electrons. The Balaban J connectivity index is 1.69. The second kappa shape index (κ2) is 11.4. The van der Waals surface area contributed by atoms with Gasteiger partial charge in [-0.05, 0) is 30.5 Å². The van der Waals surface area contributed by atoms with Crippen molar-refractivity contribution in [3.63, 3.8) is 0 Å². The number of rotatable bonds is 9. The molecule has 1 fully saturated rings. The van der Waals surface area contributed by atoms with Crippen molar-refractivity contribution in [3.05, 3.63) is 81.0 Å². The molecule has 10 heteroatoms. The molecule has 1 aromatic heterocycles. The standard InChI is InChI=1S/C28H33N5O5/c1-4-38-22-13-9-8-12-21(22)31-17-20(14-23(31)34)27(36)32(15-18(2)3)24-25(29)33(28(37)30-26(24)35)16-19-10-6-5-7-11-19/h5-13,18,20H,4,14-17,29H2,1-3H3,(H,30,35,37)/t20-/m0/s1. The van der Waals surface area contributed by atoms with E-state index in [4.69, 9.17) is 10.5 Å². The molecule has 200 valence electrons. The molecule has 2 amide bonds. The number of nitrogens with one attached hydrogen (secondary N) is 1. The summed E-state index contributed by atoms with van der Waals surface area (Å²) in [7, 11) is 0. The van der Waals surface area contributed by atoms with Gasteiger partial charge in [-0.25, -0.2) is 4.79 Å². The van der Waals surface area contributed by atoms with E-state index in [-0.39, 0.29) is 49.4 Å². The van der Waals surface area contributed by atoms with E-state index < -0.39 is 23.1 Å². The van der Waals surface area contributed by atoms with Crippen LogP contribution in [0.3, 0.4) is 0 Å². The van der Waals surface area contributed by atoms with Gasteiger partial charge in [0, 0.05) is 19.5 Å². The summed E-state index contributed by atoms with van der Waals surface area (Å²) < 4.78 is 6.93. The van der Waals surface area contributed by atoms with E-state index in [1.807, 2.05) is 63.2 Å². The molecule has 0 saturated carbocycles. The van der Waals surface area contributed by atoms with Crippen molar-refractivity contribution >= 4 is 29.0 Å². The van der Waals surface area contributed by atoms with Gasteiger partial charge in [-0.15, -0.1) is 0 Å². The fourth-order valence-corrected chi connectivity index (χ4v) is 4.70. The van der Waals surface area contributed by atoms with Crippen LogP contribution in [-0.4, -0.2) is 41.1 Å². The normalized spacial score (nSPS) is 15.2. The molecule has 3 N–H and O–H groups in total. The SMILES string of the molecule is CCOc1ccccc1N1C[C@@H](C(=O)N(CC(C)C)c2c(N)n(Cc3ccccc3)c(=O)[nH]c2=O)CC1=O. The first kappa shape index (κ1) is 26.7. The van der Waals surface area contributed by atoms with Crippen LogP contribution < -0.4 is 31.5 Å². The highest BCUT2D eigenvalue weighted by Crippen LogP contribution is 2.34. The molecule has 0 aliphatic carbocycles. The van der Waals surface area contributed by atoms with Crippen LogP contribution >= 0.6 is 0 Å². The molecular formula is C28H33N5O5. The third kappa shape index (κ3) is 5.49. The Bertz CT molecular complexity index is 1430. The Morgan fingerprint density at radius 2 is 1.79 bits per heavy atom. The van der Waals surface area contributed by atoms with Crippen molar-refractivity contribution < 1.29 is 14.3 Å². The van der Waals surface area contributed by atoms with Gasteiger partial charge in [-0.1, -0.05) is 56.3 Å². The highest BCUT2D eigenvalue weighted by atomic mass is 16.5. The second-order valence-electron chi connectivity index (χ2n) is 9.71. The lowest BCUT2D eigenvalue weighted by molar-refractivity contribution is -0.124. The second-order valence-corrected chi connectivity index (χ2v) is 9.71. The average molecular weight is 520 g/mol. The summed E-state index contributed by atoms with van der Waals surface area (Å²) in [5.74, 6) is -0.867. The first-order chi connectivity index (χ1) is 18.2. The van der Waals surface area contributed by atoms with E-state index >= 15 is 0 Å². The fourth-order valence-electron chi connectivity index (χ4n) is 4.70. The molecule has 0 spiro atoms. The van der Waals surface area contributed by atoms with E-state index in [9.17, 15) is 19.2 Å². The maximum absolute atomic E-state index is 13.9. The zero-order chi connectivity index (χ0) is 27.4. The fraction of sp³-hybridized carbons (Fsp3) is 0.357. The molecule has 4 rings (SSSR count). The van der Waals surface area contributed by atoms with Crippen LogP contribution in [-0.2, 0) is 16.1 Å². The molecular weight excluding hydrogens is 486 g/mol. The van der Waals surface area contributed by atoms with Crippen LogP contribution in [0, 0.1) is 11.8 Å². The molecule has 1 aliphatic heterocycles. The van der Waals surface area contributed by atoms with Gasteiger partial charge in [-0.2, -0.15) is 0 Å². The van der Waals surface area contributed by atoms with E-state index in [0.29, 0.717) is 18.0 Å². The van der Waals surface area contributed by atoms with Crippen molar-refractivity contribution in [2.45, 2.75) is 33.7 Å². The number of nitrogens with two attached hydrogens (primary N) is 1. The van der Waals surface area contributed by atoms with Gasteiger partial charge >= 0.3 is 5.69 Å². The van der Waals surface area contributed by atoms with Crippen molar-refractivity contribution in [1.29, 1.82) is 0 Å². The first-order valence-electron chi connectivity index (χ1n) is 12.7. The van der Waals surface area contributed by atoms with Crippen LogP contribution in [0.5, 0.6) is 5.75 Å². The predicted octanol–water partition coefficient (Wildman–Crippen LogP) is 2.61. The summed E-state index contributed by atoms with van der Waals surface area (Å²) in [6.45, 7) is 6.57. The molecule has 38 heavy (non-hydrogen) atoms. The Labute approximate surface area is 220 Å². The van der Waals surface area contributed by atoms with Crippen molar-refractivity contribution in [3.8, 4) is 5.75 Å². The van der Waals surface area contributed by atoms with Crippen molar-refractivity contribution in [2.75, 3.05) is 35.2 Å². The number of hydrogen-bond donors (Lipinski definition) is 2. The number of benzene rings is 2. The number of amides is 2. The number of carbonyl (C=O) groups is 2. The Morgan fingerprint density at radius 3 is 2.47 bits per heavy atom. The van der Waals surface area contributed by atoms with E-state index in [1.165, 1.54) is 9.47 Å². The summed E-state index contributed by atoms with van der Waals surface area (Å²) in [5.41, 5.74) is 6.32. The van der Waals surface area contributed by atoms with Crippen LogP contribution in [0.1, 0.15) is 32.8 Å². The highest BCUT2D eigenvalue weighted by Gasteiger charge is 2.40. The monoisotopic (exact) mass is 519 g/mol.